The Morgan fingerprint density at radius 3 is 2.37 bits per heavy atom. The van der Waals surface area contributed by atoms with Crippen molar-refractivity contribution in [2.75, 3.05) is 11.9 Å². The molecular weight excluding hydrogens is 346 g/mol. The third kappa shape index (κ3) is 5.77. The monoisotopic (exact) mass is 371 g/mol. The van der Waals surface area contributed by atoms with Gasteiger partial charge in [-0.1, -0.05) is 39.8 Å². The van der Waals surface area contributed by atoms with Crippen molar-refractivity contribution >= 4 is 17.5 Å². The van der Waals surface area contributed by atoms with Gasteiger partial charge in [-0.05, 0) is 35.6 Å². The molecule has 1 heterocycles. The van der Waals surface area contributed by atoms with Gasteiger partial charge in [0, 0.05) is 6.07 Å². The van der Waals surface area contributed by atoms with Gasteiger partial charge in [-0.3, -0.25) is 10.1 Å². The second-order valence-electron chi connectivity index (χ2n) is 7.33. The van der Waals surface area contributed by atoms with Gasteiger partial charge in [0.05, 0.1) is 16.5 Å². The summed E-state index contributed by atoms with van der Waals surface area (Å²) in [5.74, 6) is 0.116. The first-order chi connectivity index (χ1) is 12.7. The van der Waals surface area contributed by atoms with Crippen molar-refractivity contribution in [1.82, 2.24) is 4.98 Å². The molecule has 0 spiro atoms. The molecule has 1 N–H and O–H groups in total. The van der Waals surface area contributed by atoms with Gasteiger partial charge in [0.1, 0.15) is 18.6 Å². The van der Waals surface area contributed by atoms with Gasteiger partial charge in [0.25, 0.3) is 5.69 Å². The smallest absolute Gasteiger partial charge is 0.338 e. The topological polar surface area (TPSA) is 94.4 Å². The summed E-state index contributed by atoms with van der Waals surface area (Å²) in [4.78, 5) is 26.4. The van der Waals surface area contributed by atoms with E-state index in [-0.39, 0.29) is 29.7 Å². The molecular formula is C20H25N3O4. The predicted octanol–water partition coefficient (Wildman–Crippen LogP) is 4.33. The van der Waals surface area contributed by atoms with Gasteiger partial charge in [0.2, 0.25) is 0 Å². The van der Waals surface area contributed by atoms with E-state index in [1.54, 1.807) is 12.1 Å². The van der Waals surface area contributed by atoms with Crippen LogP contribution in [0.1, 0.15) is 50.0 Å². The van der Waals surface area contributed by atoms with Crippen molar-refractivity contribution in [1.29, 1.82) is 0 Å². The molecule has 0 aliphatic rings. The van der Waals surface area contributed by atoms with Crippen molar-refractivity contribution in [3.63, 3.8) is 0 Å². The summed E-state index contributed by atoms with van der Waals surface area (Å²) in [6.07, 6.45) is 1.90. The number of benzene rings is 1. The number of esters is 1. The van der Waals surface area contributed by atoms with Gasteiger partial charge in [-0.25, -0.2) is 9.78 Å². The Balaban J connectivity index is 1.92. The fourth-order valence-corrected chi connectivity index (χ4v) is 2.42. The Hall–Kier alpha value is -2.96. The van der Waals surface area contributed by atoms with Gasteiger partial charge in [-0.15, -0.1) is 0 Å². The summed E-state index contributed by atoms with van der Waals surface area (Å²) in [6.45, 7) is 8.47. The summed E-state index contributed by atoms with van der Waals surface area (Å²) in [5, 5.41) is 13.8. The Kier molecular flexibility index (Phi) is 6.50. The molecule has 0 fully saturated rings. The van der Waals surface area contributed by atoms with Crippen LogP contribution in [-0.2, 0) is 10.2 Å². The van der Waals surface area contributed by atoms with Crippen molar-refractivity contribution in [3.05, 3.63) is 63.8 Å². The normalized spacial score (nSPS) is 12.3. The number of hydrogen-bond donors (Lipinski definition) is 1. The summed E-state index contributed by atoms with van der Waals surface area (Å²) >= 11 is 0. The minimum Gasteiger partial charge on any atom is -0.460 e. The molecule has 0 saturated carbocycles. The maximum Gasteiger partial charge on any atom is 0.338 e. The third-order valence-electron chi connectivity index (χ3n) is 4.21. The van der Waals surface area contributed by atoms with Crippen LogP contribution in [0.25, 0.3) is 0 Å². The number of hydrogen-bond acceptors (Lipinski definition) is 6. The van der Waals surface area contributed by atoms with Gasteiger partial charge in [0.15, 0.2) is 0 Å². The number of anilines is 1. The van der Waals surface area contributed by atoms with Gasteiger partial charge < -0.3 is 10.1 Å². The number of carbonyl (C=O) groups excluding carboxylic acids is 1. The van der Waals surface area contributed by atoms with E-state index in [0.29, 0.717) is 17.8 Å². The summed E-state index contributed by atoms with van der Waals surface area (Å²) in [7, 11) is 0. The SMILES string of the molecule is CCC(COC(=O)c1ccc(C(C)(C)C)cc1)Nc1ccc([N+](=O)[O-])cn1. The first-order valence-electron chi connectivity index (χ1n) is 8.85. The molecule has 0 bridgehead atoms. The zero-order valence-corrected chi connectivity index (χ0v) is 16.1. The van der Waals surface area contributed by atoms with Crippen LogP contribution < -0.4 is 5.32 Å². The Morgan fingerprint density at radius 2 is 1.89 bits per heavy atom. The number of aromatic nitrogens is 1. The molecule has 0 saturated heterocycles. The lowest BCUT2D eigenvalue weighted by Crippen LogP contribution is -2.26. The zero-order chi connectivity index (χ0) is 20.0. The van der Waals surface area contributed by atoms with E-state index in [2.05, 4.69) is 31.1 Å². The van der Waals surface area contributed by atoms with Crippen LogP contribution in [0.15, 0.2) is 42.6 Å². The minimum atomic E-state index is -0.499. The van der Waals surface area contributed by atoms with Crippen LogP contribution >= 0.6 is 0 Å². The first kappa shape index (κ1) is 20.4. The molecule has 7 nitrogen and oxygen atoms in total. The fourth-order valence-electron chi connectivity index (χ4n) is 2.42. The van der Waals surface area contributed by atoms with E-state index in [4.69, 9.17) is 4.74 Å². The molecule has 0 amide bonds. The molecule has 27 heavy (non-hydrogen) atoms. The first-order valence-corrected chi connectivity index (χ1v) is 8.85. The molecule has 144 valence electrons. The number of nitrogens with zero attached hydrogens (tertiary/aromatic N) is 2. The zero-order valence-electron chi connectivity index (χ0n) is 16.1. The van der Waals surface area contributed by atoms with E-state index < -0.39 is 4.92 Å². The number of carbonyl (C=O) groups is 1. The van der Waals surface area contributed by atoms with Crippen LogP contribution in [0.2, 0.25) is 0 Å². The van der Waals surface area contributed by atoms with E-state index in [9.17, 15) is 14.9 Å². The molecule has 1 aromatic heterocycles. The number of nitrogens with one attached hydrogen (secondary N) is 1. The maximum atomic E-state index is 12.3. The van der Waals surface area contributed by atoms with Crippen LogP contribution in [0, 0.1) is 10.1 Å². The number of nitro groups is 1. The van der Waals surface area contributed by atoms with E-state index in [1.165, 1.54) is 18.3 Å². The summed E-state index contributed by atoms with van der Waals surface area (Å²) in [6, 6.07) is 10.2. The highest BCUT2D eigenvalue weighted by molar-refractivity contribution is 5.89. The van der Waals surface area contributed by atoms with E-state index >= 15 is 0 Å². The predicted molar refractivity (Wildman–Crippen MR) is 104 cm³/mol. The third-order valence-corrected chi connectivity index (χ3v) is 4.21. The van der Waals surface area contributed by atoms with Crippen molar-refractivity contribution < 1.29 is 14.5 Å². The highest BCUT2D eigenvalue weighted by Crippen LogP contribution is 2.22. The number of rotatable bonds is 7. The molecule has 0 aliphatic heterocycles. The molecule has 1 unspecified atom stereocenters. The Morgan fingerprint density at radius 1 is 1.22 bits per heavy atom. The van der Waals surface area contributed by atoms with Crippen LogP contribution in [0.4, 0.5) is 11.5 Å². The van der Waals surface area contributed by atoms with E-state index in [0.717, 1.165) is 5.56 Å². The van der Waals surface area contributed by atoms with E-state index in [1.807, 2.05) is 19.1 Å². The summed E-state index contributed by atoms with van der Waals surface area (Å²) < 4.78 is 5.40. The molecule has 1 aromatic carbocycles. The van der Waals surface area contributed by atoms with Crippen molar-refractivity contribution in [3.8, 4) is 0 Å². The second kappa shape index (κ2) is 8.62. The standard InChI is InChI=1S/C20H25N3O4/c1-5-16(22-18-11-10-17(12-21-18)23(25)26)13-27-19(24)14-6-8-15(9-7-14)20(2,3)4/h6-12,16H,5,13H2,1-4H3,(H,21,22). The molecule has 1 atom stereocenters. The molecule has 0 aliphatic carbocycles. The van der Waals surface area contributed by atoms with Crippen molar-refractivity contribution in [2.24, 2.45) is 0 Å². The van der Waals surface area contributed by atoms with Crippen LogP contribution in [0.3, 0.4) is 0 Å². The van der Waals surface area contributed by atoms with Crippen molar-refractivity contribution in [2.45, 2.75) is 45.6 Å². The lowest BCUT2D eigenvalue weighted by atomic mass is 9.87. The fraction of sp³-hybridized carbons (Fsp3) is 0.400. The molecule has 2 rings (SSSR count). The maximum absolute atomic E-state index is 12.3. The second-order valence-corrected chi connectivity index (χ2v) is 7.33. The Bertz CT molecular complexity index is 780. The molecule has 2 aromatic rings. The van der Waals surface area contributed by atoms with Gasteiger partial charge >= 0.3 is 5.97 Å². The minimum absolute atomic E-state index is 0.0252. The van der Waals surface area contributed by atoms with Gasteiger partial charge in [-0.2, -0.15) is 0 Å². The van der Waals surface area contributed by atoms with Crippen LogP contribution in [0.5, 0.6) is 0 Å². The highest BCUT2D eigenvalue weighted by atomic mass is 16.6. The lowest BCUT2D eigenvalue weighted by molar-refractivity contribution is -0.385. The lowest BCUT2D eigenvalue weighted by Gasteiger charge is -2.19. The largest absolute Gasteiger partial charge is 0.460 e. The Labute approximate surface area is 158 Å². The average molecular weight is 371 g/mol. The quantitative estimate of drug-likeness (QED) is 0.442. The average Bonchev–Trinajstić information content (AvgIpc) is 2.64. The summed E-state index contributed by atoms with van der Waals surface area (Å²) in [5.41, 5.74) is 1.61. The number of ether oxygens (including phenoxy) is 1. The molecule has 7 heteroatoms. The number of pyridine rings is 1. The molecule has 0 radical (unpaired) electrons. The highest BCUT2D eigenvalue weighted by Gasteiger charge is 2.16. The van der Waals surface area contributed by atoms with Crippen LogP contribution in [-0.4, -0.2) is 28.5 Å².